The van der Waals surface area contributed by atoms with Crippen LogP contribution in [0, 0.1) is 5.21 Å². The van der Waals surface area contributed by atoms with Crippen molar-refractivity contribution in [2.75, 3.05) is 0 Å². The lowest BCUT2D eigenvalue weighted by molar-refractivity contribution is -0.605. The highest BCUT2D eigenvalue weighted by atomic mass is 19.3. The van der Waals surface area contributed by atoms with Crippen LogP contribution in [0.25, 0.3) is 0 Å². The SMILES string of the molecule is O=C(Cc1ccc(C(Cc2cc[n+]([O-])cc2)c2ccc(OC(F)F)c(OC(F)F)c2)cn1)NCc1ccccc1. The first-order valence-corrected chi connectivity index (χ1v) is 12.2. The second kappa shape index (κ2) is 13.4. The standard InChI is InChI=1S/C29H25F4N3O4/c30-28(31)39-25-9-7-21(15-26(25)40-29(32)33)24(14-19-10-12-36(38)13-11-19)22-6-8-23(34-18-22)16-27(37)35-17-20-4-2-1-3-5-20/h1-13,15,18,24,28-29H,14,16-17H2,(H,35,37). The maximum absolute atomic E-state index is 13.0. The largest absolute Gasteiger partial charge is 0.619 e. The van der Waals surface area contributed by atoms with Gasteiger partial charge in [-0.25, -0.2) is 0 Å². The third kappa shape index (κ3) is 8.16. The Kier molecular flexibility index (Phi) is 9.50. The molecule has 0 saturated heterocycles. The number of nitrogens with zero attached hydrogens (tertiary/aromatic N) is 2. The van der Waals surface area contributed by atoms with E-state index in [0.29, 0.717) is 34.5 Å². The number of pyridine rings is 2. The molecular formula is C29H25F4N3O4. The average Bonchev–Trinajstić information content (AvgIpc) is 2.93. The van der Waals surface area contributed by atoms with Crippen molar-refractivity contribution in [2.45, 2.75) is 38.5 Å². The van der Waals surface area contributed by atoms with E-state index in [9.17, 15) is 27.6 Å². The summed E-state index contributed by atoms with van der Waals surface area (Å²) in [5.74, 6) is -1.77. The van der Waals surface area contributed by atoms with Crippen LogP contribution in [0.2, 0.25) is 0 Å². The highest BCUT2D eigenvalue weighted by Gasteiger charge is 2.21. The molecule has 0 spiro atoms. The second-order valence-electron chi connectivity index (χ2n) is 8.81. The Labute approximate surface area is 227 Å². The summed E-state index contributed by atoms with van der Waals surface area (Å²) < 4.78 is 61.1. The van der Waals surface area contributed by atoms with Crippen LogP contribution in [0.15, 0.2) is 91.4 Å². The lowest BCUT2D eigenvalue weighted by atomic mass is 9.86. The van der Waals surface area contributed by atoms with Gasteiger partial charge in [0.15, 0.2) is 23.9 Å². The van der Waals surface area contributed by atoms with Crippen LogP contribution in [-0.4, -0.2) is 24.1 Å². The number of hydrogen-bond donors (Lipinski definition) is 1. The van der Waals surface area contributed by atoms with Gasteiger partial charge in [0.25, 0.3) is 0 Å². The van der Waals surface area contributed by atoms with Crippen molar-refractivity contribution in [3.8, 4) is 11.5 Å². The number of amides is 1. The van der Waals surface area contributed by atoms with E-state index in [1.165, 1.54) is 24.5 Å². The van der Waals surface area contributed by atoms with E-state index in [1.807, 2.05) is 30.3 Å². The van der Waals surface area contributed by atoms with Crippen molar-refractivity contribution in [3.63, 3.8) is 0 Å². The van der Waals surface area contributed by atoms with E-state index in [-0.39, 0.29) is 12.3 Å². The molecule has 7 nitrogen and oxygen atoms in total. The number of carbonyl (C=O) groups is 1. The van der Waals surface area contributed by atoms with E-state index in [1.54, 1.807) is 30.5 Å². The number of benzene rings is 2. The summed E-state index contributed by atoms with van der Waals surface area (Å²) in [4.78, 5) is 16.8. The molecule has 0 bridgehead atoms. The first-order valence-electron chi connectivity index (χ1n) is 12.2. The van der Waals surface area contributed by atoms with E-state index < -0.39 is 30.6 Å². The van der Waals surface area contributed by atoms with Crippen LogP contribution in [-0.2, 0) is 24.2 Å². The number of alkyl halides is 4. The van der Waals surface area contributed by atoms with E-state index in [2.05, 4.69) is 19.8 Å². The van der Waals surface area contributed by atoms with Crippen molar-refractivity contribution in [2.24, 2.45) is 0 Å². The molecule has 0 saturated carbocycles. The minimum Gasteiger partial charge on any atom is -0.619 e. The lowest BCUT2D eigenvalue weighted by Gasteiger charge is -2.20. The van der Waals surface area contributed by atoms with Crippen LogP contribution in [0.5, 0.6) is 11.5 Å². The maximum Gasteiger partial charge on any atom is 0.387 e. The van der Waals surface area contributed by atoms with Crippen LogP contribution in [0.4, 0.5) is 17.6 Å². The molecular weight excluding hydrogens is 530 g/mol. The Hall–Kier alpha value is -4.67. The van der Waals surface area contributed by atoms with Gasteiger partial charge >= 0.3 is 13.2 Å². The van der Waals surface area contributed by atoms with Gasteiger partial charge in [0.1, 0.15) is 0 Å². The van der Waals surface area contributed by atoms with Gasteiger partial charge in [-0.1, -0.05) is 42.5 Å². The Bertz CT molecular complexity index is 1390. The van der Waals surface area contributed by atoms with E-state index in [0.717, 1.165) is 17.2 Å². The van der Waals surface area contributed by atoms with Gasteiger partial charge in [-0.05, 0) is 46.9 Å². The molecule has 0 aliphatic heterocycles. The molecule has 0 aliphatic rings. The third-order valence-corrected chi connectivity index (χ3v) is 6.04. The molecule has 0 aliphatic carbocycles. The zero-order valence-electron chi connectivity index (χ0n) is 21.1. The topological polar surface area (TPSA) is 87.4 Å². The van der Waals surface area contributed by atoms with Crippen molar-refractivity contribution >= 4 is 5.91 Å². The Morgan fingerprint density at radius 2 is 1.52 bits per heavy atom. The lowest BCUT2D eigenvalue weighted by Crippen LogP contribution is -2.25. The summed E-state index contributed by atoms with van der Waals surface area (Å²) in [6.45, 7) is -6.11. The van der Waals surface area contributed by atoms with Crippen LogP contribution >= 0.6 is 0 Å². The predicted octanol–water partition coefficient (Wildman–Crippen LogP) is 5.15. The normalized spacial score (nSPS) is 11.8. The minimum absolute atomic E-state index is 0.0476. The van der Waals surface area contributed by atoms with Crippen molar-refractivity contribution in [1.82, 2.24) is 10.3 Å². The Balaban J connectivity index is 1.57. The Morgan fingerprint density at radius 1 is 0.850 bits per heavy atom. The average molecular weight is 556 g/mol. The molecule has 1 N–H and O–H groups in total. The van der Waals surface area contributed by atoms with Gasteiger partial charge in [0.05, 0.1) is 6.42 Å². The molecule has 0 radical (unpaired) electrons. The molecule has 4 aromatic rings. The molecule has 4 rings (SSSR count). The molecule has 1 amide bonds. The molecule has 2 aromatic carbocycles. The fraction of sp³-hybridized carbons (Fsp3) is 0.207. The summed E-state index contributed by atoms with van der Waals surface area (Å²) >= 11 is 0. The molecule has 1 unspecified atom stereocenters. The summed E-state index contributed by atoms with van der Waals surface area (Å²) in [5, 5.41) is 14.3. The fourth-order valence-electron chi connectivity index (χ4n) is 4.14. The molecule has 2 aromatic heterocycles. The predicted molar refractivity (Wildman–Crippen MR) is 137 cm³/mol. The first-order chi connectivity index (χ1) is 19.3. The zero-order valence-corrected chi connectivity index (χ0v) is 21.1. The molecule has 208 valence electrons. The van der Waals surface area contributed by atoms with Gasteiger partial charge in [-0.3, -0.25) is 9.78 Å². The number of hydrogen-bond acceptors (Lipinski definition) is 5. The number of nitrogens with one attached hydrogen (secondary N) is 1. The number of halogens is 4. The molecule has 1 atom stereocenters. The van der Waals surface area contributed by atoms with Crippen LogP contribution in [0.1, 0.15) is 33.9 Å². The van der Waals surface area contributed by atoms with Crippen molar-refractivity contribution in [1.29, 1.82) is 0 Å². The second-order valence-corrected chi connectivity index (χ2v) is 8.81. The van der Waals surface area contributed by atoms with Crippen molar-refractivity contribution in [3.05, 3.63) is 125 Å². The van der Waals surface area contributed by atoms with Crippen molar-refractivity contribution < 1.29 is 36.6 Å². The smallest absolute Gasteiger partial charge is 0.387 e. The molecule has 0 fully saturated rings. The fourth-order valence-corrected chi connectivity index (χ4v) is 4.14. The van der Waals surface area contributed by atoms with Gasteiger partial charge in [-0.15, -0.1) is 0 Å². The highest BCUT2D eigenvalue weighted by molar-refractivity contribution is 5.78. The summed E-state index contributed by atoms with van der Waals surface area (Å²) in [7, 11) is 0. The third-order valence-electron chi connectivity index (χ3n) is 6.04. The van der Waals surface area contributed by atoms with Crippen LogP contribution in [0.3, 0.4) is 0 Å². The molecule has 40 heavy (non-hydrogen) atoms. The van der Waals surface area contributed by atoms with Gasteiger partial charge in [0, 0.05) is 36.5 Å². The minimum atomic E-state index is -3.26. The van der Waals surface area contributed by atoms with Crippen LogP contribution < -0.4 is 19.5 Å². The molecule has 11 heteroatoms. The first kappa shape index (κ1) is 28.3. The monoisotopic (exact) mass is 555 g/mol. The summed E-state index contributed by atoms with van der Waals surface area (Å²) in [6, 6.07) is 20.0. The quantitative estimate of drug-likeness (QED) is 0.148. The molecule has 2 heterocycles. The van der Waals surface area contributed by atoms with E-state index in [4.69, 9.17) is 0 Å². The summed E-state index contributed by atoms with van der Waals surface area (Å²) in [5.41, 5.74) is 3.36. The Morgan fingerprint density at radius 3 is 2.17 bits per heavy atom. The number of ether oxygens (including phenoxy) is 2. The van der Waals surface area contributed by atoms with E-state index >= 15 is 0 Å². The summed E-state index contributed by atoms with van der Waals surface area (Å²) in [6.07, 6.45) is 4.59. The number of rotatable bonds is 12. The van der Waals surface area contributed by atoms with Gasteiger partial charge in [0.2, 0.25) is 5.91 Å². The van der Waals surface area contributed by atoms with Gasteiger partial charge < -0.3 is 20.0 Å². The number of aromatic nitrogens is 2. The zero-order chi connectivity index (χ0) is 28.5. The maximum atomic E-state index is 13.0. The number of carbonyl (C=O) groups excluding carboxylic acids is 1. The highest BCUT2D eigenvalue weighted by Crippen LogP contribution is 2.36. The van der Waals surface area contributed by atoms with Gasteiger partial charge in [-0.2, -0.15) is 22.3 Å².